The molecule has 5 nitrogen and oxygen atoms in total. The number of rotatable bonds is 3. The van der Waals surface area contributed by atoms with Crippen molar-refractivity contribution in [3.05, 3.63) is 59.2 Å². The Morgan fingerprint density at radius 3 is 2.23 bits per heavy atom. The molecule has 0 heterocycles. The summed E-state index contributed by atoms with van der Waals surface area (Å²) >= 11 is 0. The van der Waals surface area contributed by atoms with E-state index in [1.807, 2.05) is 32.0 Å². The largest absolute Gasteiger partial charge is 0.465 e. The Morgan fingerprint density at radius 1 is 0.955 bits per heavy atom. The number of hydrogen-bond donors (Lipinski definition) is 2. The number of benzene rings is 2. The summed E-state index contributed by atoms with van der Waals surface area (Å²) in [5, 5.41) is 5.51. The second kappa shape index (κ2) is 6.76. The molecule has 2 amide bonds. The molecule has 2 N–H and O–H groups in total. The molecule has 0 aliphatic rings. The van der Waals surface area contributed by atoms with Crippen molar-refractivity contribution in [1.29, 1.82) is 0 Å². The monoisotopic (exact) mass is 298 g/mol. The van der Waals surface area contributed by atoms with Gasteiger partial charge in [0, 0.05) is 11.4 Å². The number of carbonyl (C=O) groups is 2. The molecular weight excluding hydrogens is 280 g/mol. The third-order valence-corrected chi connectivity index (χ3v) is 3.19. The summed E-state index contributed by atoms with van der Waals surface area (Å²) in [5.41, 5.74) is 3.92. The van der Waals surface area contributed by atoms with Crippen LogP contribution in [0.2, 0.25) is 0 Å². The van der Waals surface area contributed by atoms with Gasteiger partial charge in [0.1, 0.15) is 0 Å². The van der Waals surface area contributed by atoms with Crippen LogP contribution in [0.4, 0.5) is 16.2 Å². The fraction of sp³-hybridized carbons (Fsp3) is 0.176. The zero-order chi connectivity index (χ0) is 16.1. The molecular formula is C17H18N2O3. The Hall–Kier alpha value is -2.82. The van der Waals surface area contributed by atoms with Gasteiger partial charge in [-0.25, -0.2) is 9.59 Å². The highest BCUT2D eigenvalue weighted by molar-refractivity contribution is 6.00. The number of anilines is 2. The van der Waals surface area contributed by atoms with E-state index in [0.29, 0.717) is 11.3 Å². The maximum Gasteiger partial charge on any atom is 0.337 e. The first-order valence-corrected chi connectivity index (χ1v) is 6.83. The predicted octanol–water partition coefficient (Wildman–Crippen LogP) is 3.73. The van der Waals surface area contributed by atoms with Crippen LogP contribution in [0.1, 0.15) is 21.5 Å². The topological polar surface area (TPSA) is 67.4 Å². The van der Waals surface area contributed by atoms with E-state index in [2.05, 4.69) is 15.4 Å². The van der Waals surface area contributed by atoms with Gasteiger partial charge in [0.15, 0.2) is 0 Å². The van der Waals surface area contributed by atoms with Gasteiger partial charge in [-0.1, -0.05) is 17.7 Å². The lowest BCUT2D eigenvalue weighted by Gasteiger charge is -2.10. The Bertz CT molecular complexity index is 694. The van der Waals surface area contributed by atoms with Crippen LogP contribution >= 0.6 is 0 Å². The van der Waals surface area contributed by atoms with Gasteiger partial charge in [0.05, 0.1) is 12.7 Å². The van der Waals surface area contributed by atoms with Gasteiger partial charge in [0.25, 0.3) is 0 Å². The lowest BCUT2D eigenvalue weighted by molar-refractivity contribution is 0.0601. The Morgan fingerprint density at radius 2 is 1.64 bits per heavy atom. The van der Waals surface area contributed by atoms with Crippen LogP contribution in [0.25, 0.3) is 0 Å². The van der Waals surface area contributed by atoms with Gasteiger partial charge in [0.2, 0.25) is 0 Å². The number of methoxy groups -OCH3 is 1. The van der Waals surface area contributed by atoms with Crippen LogP contribution in [0.5, 0.6) is 0 Å². The molecule has 5 heteroatoms. The maximum atomic E-state index is 12.0. The molecule has 0 aromatic heterocycles. The van der Waals surface area contributed by atoms with E-state index in [4.69, 9.17) is 0 Å². The summed E-state index contributed by atoms with van der Waals surface area (Å²) in [4.78, 5) is 23.3. The van der Waals surface area contributed by atoms with Gasteiger partial charge in [-0.2, -0.15) is 0 Å². The Balaban J connectivity index is 2.01. The van der Waals surface area contributed by atoms with Crippen molar-refractivity contribution >= 4 is 23.4 Å². The molecule has 0 aliphatic heterocycles. The highest BCUT2D eigenvalue weighted by Crippen LogP contribution is 2.17. The van der Waals surface area contributed by atoms with Crippen molar-refractivity contribution in [2.45, 2.75) is 13.8 Å². The van der Waals surface area contributed by atoms with Gasteiger partial charge in [-0.15, -0.1) is 0 Å². The normalized spacial score (nSPS) is 9.95. The summed E-state index contributed by atoms with van der Waals surface area (Å²) in [6.45, 7) is 3.94. The van der Waals surface area contributed by atoms with E-state index in [1.54, 1.807) is 24.3 Å². The van der Waals surface area contributed by atoms with Crippen LogP contribution in [0, 0.1) is 13.8 Å². The summed E-state index contributed by atoms with van der Waals surface area (Å²) < 4.78 is 4.62. The van der Waals surface area contributed by atoms with Crippen molar-refractivity contribution < 1.29 is 14.3 Å². The smallest absolute Gasteiger partial charge is 0.337 e. The lowest BCUT2D eigenvalue weighted by Crippen LogP contribution is -2.20. The molecule has 22 heavy (non-hydrogen) atoms. The molecule has 0 radical (unpaired) electrons. The molecule has 0 bridgehead atoms. The zero-order valence-corrected chi connectivity index (χ0v) is 12.8. The molecule has 0 fully saturated rings. The molecule has 2 aromatic carbocycles. The van der Waals surface area contributed by atoms with Gasteiger partial charge in [-0.05, 0) is 49.7 Å². The molecule has 2 rings (SSSR count). The first-order chi connectivity index (χ1) is 10.5. The number of urea groups is 1. The molecule has 114 valence electrons. The van der Waals surface area contributed by atoms with E-state index >= 15 is 0 Å². The SMILES string of the molecule is COC(=O)c1ccc(NC(=O)Nc2ccc(C)cc2C)cc1. The molecule has 0 unspecified atom stereocenters. The molecule has 0 saturated heterocycles. The van der Waals surface area contributed by atoms with Crippen molar-refractivity contribution in [2.24, 2.45) is 0 Å². The third kappa shape index (κ3) is 3.85. The minimum absolute atomic E-state index is 0.335. The first kappa shape index (κ1) is 15.6. The molecule has 2 aromatic rings. The van der Waals surface area contributed by atoms with Crippen LogP contribution in [-0.4, -0.2) is 19.1 Å². The number of aryl methyl sites for hydroxylation is 2. The standard InChI is InChI=1S/C17H18N2O3/c1-11-4-9-15(12(2)10-11)19-17(21)18-14-7-5-13(6-8-14)16(20)22-3/h4-10H,1-3H3,(H2,18,19,21). The number of carbonyl (C=O) groups excluding carboxylic acids is 2. The third-order valence-electron chi connectivity index (χ3n) is 3.19. The van der Waals surface area contributed by atoms with Crippen molar-refractivity contribution in [1.82, 2.24) is 0 Å². The summed E-state index contributed by atoms with van der Waals surface area (Å²) in [7, 11) is 1.33. The number of ether oxygens (including phenoxy) is 1. The van der Waals surface area contributed by atoms with Crippen LogP contribution in [0.3, 0.4) is 0 Å². The van der Waals surface area contributed by atoms with Gasteiger partial charge in [-0.3, -0.25) is 0 Å². The molecule has 0 spiro atoms. The van der Waals surface area contributed by atoms with Gasteiger partial charge >= 0.3 is 12.0 Å². The van der Waals surface area contributed by atoms with E-state index in [1.165, 1.54) is 7.11 Å². The summed E-state index contributed by atoms with van der Waals surface area (Å²) in [6, 6.07) is 12.0. The van der Waals surface area contributed by atoms with Gasteiger partial charge < -0.3 is 15.4 Å². The van der Waals surface area contributed by atoms with Crippen LogP contribution in [-0.2, 0) is 4.74 Å². The number of nitrogens with one attached hydrogen (secondary N) is 2. The van der Waals surface area contributed by atoms with Crippen molar-refractivity contribution in [2.75, 3.05) is 17.7 Å². The molecule has 0 aliphatic carbocycles. The first-order valence-electron chi connectivity index (χ1n) is 6.83. The van der Waals surface area contributed by atoms with E-state index in [0.717, 1.165) is 16.8 Å². The van der Waals surface area contributed by atoms with E-state index < -0.39 is 5.97 Å². The highest BCUT2D eigenvalue weighted by Gasteiger charge is 2.07. The lowest BCUT2D eigenvalue weighted by atomic mass is 10.1. The number of amides is 2. The fourth-order valence-electron chi connectivity index (χ4n) is 2.05. The second-order valence-electron chi connectivity index (χ2n) is 4.97. The number of hydrogen-bond acceptors (Lipinski definition) is 3. The second-order valence-corrected chi connectivity index (χ2v) is 4.97. The highest BCUT2D eigenvalue weighted by atomic mass is 16.5. The molecule has 0 atom stereocenters. The minimum atomic E-state index is -0.411. The van der Waals surface area contributed by atoms with Crippen molar-refractivity contribution in [3.63, 3.8) is 0 Å². The number of esters is 1. The van der Waals surface area contributed by atoms with Crippen LogP contribution in [0.15, 0.2) is 42.5 Å². The quantitative estimate of drug-likeness (QED) is 0.848. The summed E-state index contributed by atoms with van der Waals surface area (Å²) in [5.74, 6) is -0.411. The average molecular weight is 298 g/mol. The Labute approximate surface area is 129 Å². The zero-order valence-electron chi connectivity index (χ0n) is 12.8. The summed E-state index contributed by atoms with van der Waals surface area (Å²) in [6.07, 6.45) is 0. The van der Waals surface area contributed by atoms with Crippen molar-refractivity contribution in [3.8, 4) is 0 Å². The minimum Gasteiger partial charge on any atom is -0.465 e. The Kier molecular flexibility index (Phi) is 4.78. The molecule has 0 saturated carbocycles. The van der Waals surface area contributed by atoms with E-state index in [-0.39, 0.29) is 6.03 Å². The average Bonchev–Trinajstić information content (AvgIpc) is 2.50. The maximum absolute atomic E-state index is 12.0. The van der Waals surface area contributed by atoms with E-state index in [9.17, 15) is 9.59 Å². The van der Waals surface area contributed by atoms with Crippen LogP contribution < -0.4 is 10.6 Å². The fourth-order valence-corrected chi connectivity index (χ4v) is 2.05. The predicted molar refractivity (Wildman–Crippen MR) is 86.3 cm³/mol.